The average Bonchev–Trinajstić information content (AvgIpc) is 3.15. The first-order valence-electron chi connectivity index (χ1n) is 7.22. The van der Waals surface area contributed by atoms with Crippen LogP contribution >= 0.6 is 11.5 Å². The molecule has 24 heavy (non-hydrogen) atoms. The fourth-order valence-electron chi connectivity index (χ4n) is 2.60. The first-order chi connectivity index (χ1) is 11.5. The van der Waals surface area contributed by atoms with Gasteiger partial charge in [-0.25, -0.2) is 22.2 Å². The van der Waals surface area contributed by atoms with Gasteiger partial charge < -0.3 is 0 Å². The fraction of sp³-hybridized carbons (Fsp3) is 0.0588. The largest absolute Gasteiger partial charge is 0.245 e. The Morgan fingerprint density at radius 1 is 0.958 bits per heavy atom. The van der Waals surface area contributed by atoms with E-state index in [0.29, 0.717) is 10.7 Å². The summed E-state index contributed by atoms with van der Waals surface area (Å²) in [4.78, 5) is 9.22. The molecule has 0 bridgehead atoms. The van der Waals surface area contributed by atoms with E-state index in [-0.39, 0.29) is 0 Å². The van der Waals surface area contributed by atoms with E-state index in [2.05, 4.69) is 9.97 Å². The molecule has 2 heterocycles. The normalized spacial score (nSPS) is 11.9. The number of nitrogens with zero attached hydrogens (tertiary/aromatic N) is 3. The van der Waals surface area contributed by atoms with E-state index in [1.807, 2.05) is 46.3 Å². The van der Waals surface area contributed by atoms with Crippen LogP contribution in [0, 0.1) is 0 Å². The van der Waals surface area contributed by atoms with E-state index >= 15 is 0 Å². The van der Waals surface area contributed by atoms with E-state index in [9.17, 15) is 8.42 Å². The molecule has 0 saturated carbocycles. The number of fused-ring (bicyclic) bond motifs is 1. The molecule has 120 valence electrons. The third-order valence-electron chi connectivity index (χ3n) is 3.74. The maximum Gasteiger partial charge on any atom is 0.245 e. The number of sulfone groups is 1. The molecule has 0 amide bonds. The second kappa shape index (κ2) is 5.54. The van der Waals surface area contributed by atoms with Crippen molar-refractivity contribution in [2.24, 2.45) is 0 Å². The van der Waals surface area contributed by atoms with Crippen molar-refractivity contribution in [2.75, 3.05) is 6.26 Å². The van der Waals surface area contributed by atoms with E-state index in [1.54, 1.807) is 17.6 Å². The molecule has 4 aromatic rings. The predicted octanol–water partition coefficient (Wildman–Crippen LogP) is 3.53. The lowest BCUT2D eigenvalue weighted by Gasteiger charge is -2.05. The van der Waals surface area contributed by atoms with Crippen LogP contribution in [-0.2, 0) is 9.84 Å². The molecule has 0 aliphatic rings. The van der Waals surface area contributed by atoms with Crippen molar-refractivity contribution in [2.45, 2.75) is 4.90 Å². The molecule has 2 aromatic heterocycles. The van der Waals surface area contributed by atoms with Crippen LogP contribution in [0.25, 0.3) is 28.3 Å². The summed E-state index contributed by atoms with van der Waals surface area (Å²) in [5.41, 5.74) is 5.39. The van der Waals surface area contributed by atoms with Gasteiger partial charge in [-0.2, -0.15) is 0 Å². The summed E-state index contributed by atoms with van der Waals surface area (Å²) in [5.74, 6) is 0.640. The SMILES string of the molecule is CS(=O)(=O)c1ccc(-c2c(-c3ccccc3)nc3ncsn23)cc1. The van der Waals surface area contributed by atoms with Crippen molar-refractivity contribution in [3.63, 3.8) is 0 Å². The lowest BCUT2D eigenvalue weighted by Crippen LogP contribution is -1.96. The lowest BCUT2D eigenvalue weighted by molar-refractivity contribution is 0.602. The van der Waals surface area contributed by atoms with Crippen LogP contribution in [0.4, 0.5) is 0 Å². The van der Waals surface area contributed by atoms with E-state index < -0.39 is 9.84 Å². The Labute approximate surface area is 143 Å². The van der Waals surface area contributed by atoms with Gasteiger partial charge in [0.25, 0.3) is 0 Å². The highest BCUT2D eigenvalue weighted by Crippen LogP contribution is 2.33. The van der Waals surface area contributed by atoms with Crippen molar-refractivity contribution in [3.05, 3.63) is 60.1 Å². The lowest BCUT2D eigenvalue weighted by atomic mass is 10.1. The third kappa shape index (κ3) is 2.51. The molecule has 0 N–H and O–H groups in total. The molecular formula is C17H13N3O2S2. The minimum atomic E-state index is -3.21. The first-order valence-corrected chi connectivity index (χ1v) is 9.95. The van der Waals surface area contributed by atoms with Gasteiger partial charge in [-0.15, -0.1) is 0 Å². The van der Waals surface area contributed by atoms with Gasteiger partial charge in [-0.05, 0) is 23.7 Å². The highest BCUT2D eigenvalue weighted by molar-refractivity contribution is 7.90. The topological polar surface area (TPSA) is 64.3 Å². The fourth-order valence-corrected chi connectivity index (χ4v) is 3.95. The van der Waals surface area contributed by atoms with Gasteiger partial charge in [-0.1, -0.05) is 42.5 Å². The Hall–Kier alpha value is -2.51. The molecule has 0 aliphatic heterocycles. The molecule has 5 nitrogen and oxygen atoms in total. The molecule has 0 fully saturated rings. The summed E-state index contributed by atoms with van der Waals surface area (Å²) >= 11 is 1.46. The monoisotopic (exact) mass is 355 g/mol. The standard InChI is InChI=1S/C17H13N3O2S2/c1-24(21,22)14-9-7-13(8-10-14)16-15(12-5-3-2-4-6-12)19-17-18-11-23-20(16)17/h2-11H,1H3. The van der Waals surface area contributed by atoms with Gasteiger partial charge in [0.2, 0.25) is 5.78 Å². The predicted molar refractivity (Wildman–Crippen MR) is 94.8 cm³/mol. The van der Waals surface area contributed by atoms with Crippen molar-refractivity contribution in [1.29, 1.82) is 0 Å². The number of rotatable bonds is 3. The van der Waals surface area contributed by atoms with Crippen LogP contribution in [0.2, 0.25) is 0 Å². The van der Waals surface area contributed by atoms with Gasteiger partial charge in [0.1, 0.15) is 5.51 Å². The van der Waals surface area contributed by atoms with E-state index in [4.69, 9.17) is 0 Å². The molecule has 0 aliphatic carbocycles. The van der Waals surface area contributed by atoms with Crippen LogP contribution < -0.4 is 0 Å². The molecule has 0 spiro atoms. The van der Waals surface area contributed by atoms with Crippen LogP contribution in [0.1, 0.15) is 0 Å². The van der Waals surface area contributed by atoms with Gasteiger partial charge in [0, 0.05) is 17.4 Å². The second-order valence-electron chi connectivity index (χ2n) is 5.41. The summed E-state index contributed by atoms with van der Waals surface area (Å²) in [6.07, 6.45) is 1.21. The summed E-state index contributed by atoms with van der Waals surface area (Å²) in [5, 5.41) is 0. The second-order valence-corrected chi connectivity index (χ2v) is 8.21. The summed E-state index contributed by atoms with van der Waals surface area (Å²) in [6.45, 7) is 0. The zero-order chi connectivity index (χ0) is 16.7. The Kier molecular flexibility index (Phi) is 3.47. The molecule has 0 saturated heterocycles. The number of hydrogen-bond donors (Lipinski definition) is 0. The van der Waals surface area contributed by atoms with Crippen LogP contribution in [-0.4, -0.2) is 28.4 Å². The van der Waals surface area contributed by atoms with Crippen molar-refractivity contribution < 1.29 is 8.42 Å². The Bertz CT molecular complexity index is 1110. The number of aromatic nitrogens is 3. The number of imidazole rings is 1. The molecular weight excluding hydrogens is 342 g/mol. The van der Waals surface area contributed by atoms with Crippen molar-refractivity contribution in [1.82, 2.24) is 13.8 Å². The molecule has 7 heteroatoms. The minimum Gasteiger partial charge on any atom is -0.229 e. The summed E-state index contributed by atoms with van der Waals surface area (Å²) in [7, 11) is -3.21. The number of benzene rings is 2. The Balaban J connectivity index is 1.94. The molecule has 2 aromatic carbocycles. The smallest absolute Gasteiger partial charge is 0.229 e. The minimum absolute atomic E-state index is 0.303. The Morgan fingerprint density at radius 3 is 2.33 bits per heavy atom. The molecule has 0 unspecified atom stereocenters. The van der Waals surface area contributed by atoms with Crippen LogP contribution in [0.3, 0.4) is 0 Å². The van der Waals surface area contributed by atoms with E-state index in [1.165, 1.54) is 17.8 Å². The zero-order valence-electron chi connectivity index (χ0n) is 12.7. The Morgan fingerprint density at radius 2 is 1.67 bits per heavy atom. The molecule has 4 rings (SSSR count). The maximum absolute atomic E-state index is 11.7. The summed E-state index contributed by atoms with van der Waals surface area (Å²) in [6, 6.07) is 16.8. The van der Waals surface area contributed by atoms with Gasteiger partial charge in [0.05, 0.1) is 16.3 Å². The van der Waals surface area contributed by atoms with Gasteiger partial charge in [-0.3, -0.25) is 0 Å². The van der Waals surface area contributed by atoms with Gasteiger partial charge >= 0.3 is 0 Å². The molecule has 0 atom stereocenters. The van der Waals surface area contributed by atoms with Crippen molar-refractivity contribution in [3.8, 4) is 22.5 Å². The molecule has 0 radical (unpaired) electrons. The van der Waals surface area contributed by atoms with Gasteiger partial charge in [0.15, 0.2) is 9.84 Å². The van der Waals surface area contributed by atoms with E-state index in [0.717, 1.165) is 22.5 Å². The first kappa shape index (κ1) is 15.0. The quantitative estimate of drug-likeness (QED) is 0.564. The van der Waals surface area contributed by atoms with Crippen molar-refractivity contribution >= 4 is 27.1 Å². The third-order valence-corrected chi connectivity index (χ3v) is 5.63. The highest BCUT2D eigenvalue weighted by Gasteiger charge is 2.18. The average molecular weight is 355 g/mol. The number of hydrogen-bond acceptors (Lipinski definition) is 5. The summed E-state index contributed by atoms with van der Waals surface area (Å²) < 4.78 is 25.3. The van der Waals surface area contributed by atoms with Crippen LogP contribution in [0.5, 0.6) is 0 Å². The maximum atomic E-state index is 11.7. The zero-order valence-corrected chi connectivity index (χ0v) is 14.4. The van der Waals surface area contributed by atoms with Crippen LogP contribution in [0.15, 0.2) is 65.0 Å². The highest BCUT2D eigenvalue weighted by atomic mass is 32.2.